The van der Waals surface area contributed by atoms with Crippen molar-refractivity contribution in [2.45, 2.75) is 26.9 Å². The third-order valence-electron chi connectivity index (χ3n) is 2.62. The van der Waals surface area contributed by atoms with Crippen molar-refractivity contribution in [3.05, 3.63) is 28.6 Å². The molecule has 16 heavy (non-hydrogen) atoms. The number of esters is 1. The van der Waals surface area contributed by atoms with E-state index < -0.39 is 0 Å². The topological polar surface area (TPSA) is 48.4 Å². The van der Waals surface area contributed by atoms with Gasteiger partial charge >= 0.3 is 5.97 Å². The molecule has 0 N–H and O–H groups in total. The molecule has 0 aromatic carbocycles. The van der Waals surface area contributed by atoms with Crippen LogP contribution in [0.4, 0.5) is 0 Å². The Morgan fingerprint density at radius 3 is 3.19 bits per heavy atom. The Morgan fingerprint density at radius 1 is 1.62 bits per heavy atom. The van der Waals surface area contributed by atoms with Crippen LogP contribution >= 0.6 is 0 Å². The second-order valence-electron chi connectivity index (χ2n) is 3.75. The lowest BCUT2D eigenvalue weighted by molar-refractivity contribution is 0.0524. The maximum absolute atomic E-state index is 11.6. The number of hydrogen-bond donors (Lipinski definition) is 0. The molecule has 0 unspecified atom stereocenters. The van der Waals surface area contributed by atoms with Gasteiger partial charge in [0.1, 0.15) is 0 Å². The van der Waals surface area contributed by atoms with Gasteiger partial charge in [-0.2, -0.15) is 0 Å². The Bertz CT molecular complexity index is 415. The normalized spacial score (nSPS) is 14.4. The van der Waals surface area contributed by atoms with Crippen molar-refractivity contribution in [3.8, 4) is 0 Å². The van der Waals surface area contributed by atoms with Crippen molar-refractivity contribution >= 4 is 5.97 Å². The van der Waals surface area contributed by atoms with E-state index in [0.29, 0.717) is 25.4 Å². The van der Waals surface area contributed by atoms with Gasteiger partial charge in [0.2, 0.25) is 0 Å². The number of carbonyl (C=O) groups excluding carboxylic acids is 1. The average molecular weight is 221 g/mol. The van der Waals surface area contributed by atoms with Crippen LogP contribution < -0.4 is 0 Å². The summed E-state index contributed by atoms with van der Waals surface area (Å²) in [6, 6.07) is 1.84. The van der Waals surface area contributed by atoms with E-state index in [4.69, 9.17) is 9.47 Å². The zero-order chi connectivity index (χ0) is 11.5. The van der Waals surface area contributed by atoms with E-state index in [2.05, 4.69) is 4.98 Å². The van der Waals surface area contributed by atoms with Crippen LogP contribution in [-0.2, 0) is 22.5 Å². The molecule has 1 aromatic heterocycles. The van der Waals surface area contributed by atoms with Crippen molar-refractivity contribution in [1.82, 2.24) is 4.98 Å². The second kappa shape index (κ2) is 4.61. The maximum atomic E-state index is 11.6. The summed E-state index contributed by atoms with van der Waals surface area (Å²) >= 11 is 0. The summed E-state index contributed by atoms with van der Waals surface area (Å²) in [4.78, 5) is 16.1. The van der Waals surface area contributed by atoms with Crippen molar-refractivity contribution < 1.29 is 14.3 Å². The molecule has 1 aliphatic rings. The van der Waals surface area contributed by atoms with E-state index in [1.54, 1.807) is 6.92 Å². The standard InChI is InChI=1S/C12H15NO3/c1-3-16-12(14)10-6-9-7-15-5-4-11(9)13-8(10)2/h6H,3-5,7H2,1-2H3. The number of hydrogen-bond acceptors (Lipinski definition) is 4. The molecular formula is C12H15NO3. The van der Waals surface area contributed by atoms with Crippen molar-refractivity contribution in [3.63, 3.8) is 0 Å². The highest BCUT2D eigenvalue weighted by Crippen LogP contribution is 2.19. The largest absolute Gasteiger partial charge is 0.462 e. The zero-order valence-electron chi connectivity index (χ0n) is 9.58. The number of pyridine rings is 1. The molecule has 0 saturated carbocycles. The molecule has 0 radical (unpaired) electrons. The molecule has 0 atom stereocenters. The minimum Gasteiger partial charge on any atom is -0.462 e. The van der Waals surface area contributed by atoms with Crippen LogP contribution in [0.3, 0.4) is 0 Å². The van der Waals surface area contributed by atoms with Crippen LogP contribution in [0, 0.1) is 6.92 Å². The number of aryl methyl sites for hydroxylation is 1. The Kier molecular flexibility index (Phi) is 3.19. The van der Waals surface area contributed by atoms with Crippen LogP contribution in [0.15, 0.2) is 6.07 Å². The van der Waals surface area contributed by atoms with E-state index in [-0.39, 0.29) is 5.97 Å². The first-order valence-corrected chi connectivity index (χ1v) is 5.46. The first-order chi connectivity index (χ1) is 7.72. The smallest absolute Gasteiger partial charge is 0.339 e. The lowest BCUT2D eigenvalue weighted by Gasteiger charge is -2.17. The Morgan fingerprint density at radius 2 is 2.44 bits per heavy atom. The van der Waals surface area contributed by atoms with Gasteiger partial charge < -0.3 is 9.47 Å². The molecule has 1 aliphatic heterocycles. The van der Waals surface area contributed by atoms with E-state index in [9.17, 15) is 4.79 Å². The molecule has 1 aromatic rings. The summed E-state index contributed by atoms with van der Waals surface area (Å²) in [6.45, 7) is 5.25. The van der Waals surface area contributed by atoms with Crippen LogP contribution in [0.2, 0.25) is 0 Å². The van der Waals surface area contributed by atoms with Gasteiger partial charge in [-0.15, -0.1) is 0 Å². The highest BCUT2D eigenvalue weighted by Gasteiger charge is 2.17. The Labute approximate surface area is 94.6 Å². The van der Waals surface area contributed by atoms with E-state index in [0.717, 1.165) is 23.4 Å². The Balaban J connectivity index is 2.35. The van der Waals surface area contributed by atoms with Crippen LogP contribution in [0.5, 0.6) is 0 Å². The average Bonchev–Trinajstić information content (AvgIpc) is 2.28. The fourth-order valence-electron chi connectivity index (χ4n) is 1.80. The first kappa shape index (κ1) is 11.1. The van der Waals surface area contributed by atoms with E-state index >= 15 is 0 Å². The molecule has 0 aliphatic carbocycles. The summed E-state index contributed by atoms with van der Waals surface area (Å²) in [5.41, 5.74) is 3.32. The predicted octanol–water partition coefficient (Wildman–Crippen LogP) is 1.64. The molecule has 4 nitrogen and oxygen atoms in total. The van der Waals surface area contributed by atoms with Gasteiger partial charge in [0.25, 0.3) is 0 Å². The molecule has 0 bridgehead atoms. The van der Waals surface area contributed by atoms with Crippen LogP contribution in [0.1, 0.15) is 34.2 Å². The summed E-state index contributed by atoms with van der Waals surface area (Å²) in [5.74, 6) is -0.305. The van der Waals surface area contributed by atoms with Crippen molar-refractivity contribution in [2.24, 2.45) is 0 Å². The molecule has 86 valence electrons. The minimum atomic E-state index is -0.305. The summed E-state index contributed by atoms with van der Waals surface area (Å²) in [7, 11) is 0. The minimum absolute atomic E-state index is 0.305. The monoisotopic (exact) mass is 221 g/mol. The number of aromatic nitrogens is 1. The third-order valence-corrected chi connectivity index (χ3v) is 2.62. The number of carbonyl (C=O) groups is 1. The van der Waals surface area contributed by atoms with Gasteiger partial charge in [-0.25, -0.2) is 4.79 Å². The number of nitrogens with zero attached hydrogens (tertiary/aromatic N) is 1. The molecule has 2 rings (SSSR count). The predicted molar refractivity (Wildman–Crippen MR) is 58.3 cm³/mol. The molecular weight excluding hydrogens is 206 g/mol. The highest BCUT2D eigenvalue weighted by molar-refractivity contribution is 5.90. The highest BCUT2D eigenvalue weighted by atomic mass is 16.5. The fraction of sp³-hybridized carbons (Fsp3) is 0.500. The number of ether oxygens (including phenoxy) is 2. The van der Waals surface area contributed by atoms with Gasteiger partial charge in [0.05, 0.1) is 31.1 Å². The lowest BCUT2D eigenvalue weighted by Crippen LogP contribution is -2.16. The molecule has 0 spiro atoms. The summed E-state index contributed by atoms with van der Waals surface area (Å²) in [5, 5.41) is 0. The summed E-state index contributed by atoms with van der Waals surface area (Å²) < 4.78 is 10.3. The van der Waals surface area contributed by atoms with E-state index in [1.807, 2.05) is 13.0 Å². The molecule has 0 fully saturated rings. The second-order valence-corrected chi connectivity index (χ2v) is 3.75. The molecule has 4 heteroatoms. The molecule has 2 heterocycles. The first-order valence-electron chi connectivity index (χ1n) is 5.46. The maximum Gasteiger partial charge on any atom is 0.339 e. The fourth-order valence-corrected chi connectivity index (χ4v) is 1.80. The van der Waals surface area contributed by atoms with Gasteiger partial charge in [0, 0.05) is 17.7 Å². The number of fused-ring (bicyclic) bond motifs is 1. The van der Waals surface area contributed by atoms with Crippen LogP contribution in [-0.4, -0.2) is 24.2 Å². The molecule has 0 saturated heterocycles. The van der Waals surface area contributed by atoms with Crippen molar-refractivity contribution in [1.29, 1.82) is 0 Å². The van der Waals surface area contributed by atoms with Gasteiger partial charge in [-0.3, -0.25) is 4.98 Å². The summed E-state index contributed by atoms with van der Waals surface area (Å²) in [6.07, 6.45) is 0.819. The van der Waals surface area contributed by atoms with Crippen LogP contribution in [0.25, 0.3) is 0 Å². The van der Waals surface area contributed by atoms with Gasteiger partial charge in [0.15, 0.2) is 0 Å². The Hall–Kier alpha value is -1.42. The zero-order valence-corrected chi connectivity index (χ0v) is 9.58. The molecule has 0 amide bonds. The van der Waals surface area contributed by atoms with Crippen molar-refractivity contribution in [2.75, 3.05) is 13.2 Å². The van der Waals surface area contributed by atoms with E-state index in [1.165, 1.54) is 0 Å². The number of rotatable bonds is 2. The SMILES string of the molecule is CCOC(=O)c1cc2c(nc1C)CCOC2. The third kappa shape index (κ3) is 2.07. The van der Waals surface area contributed by atoms with Gasteiger partial charge in [-0.1, -0.05) is 0 Å². The van der Waals surface area contributed by atoms with Gasteiger partial charge in [-0.05, 0) is 19.9 Å². The lowest BCUT2D eigenvalue weighted by atomic mass is 10.1. The quantitative estimate of drug-likeness (QED) is 0.712.